The number of amides is 1. The predicted octanol–water partition coefficient (Wildman–Crippen LogP) is 1.37. The topological polar surface area (TPSA) is 44.4 Å². The highest BCUT2D eigenvalue weighted by molar-refractivity contribution is 5.82. The Morgan fingerprint density at radius 1 is 1.35 bits per heavy atom. The monoisotopic (exact) mass is 279 g/mol. The minimum atomic E-state index is -0.192. The van der Waals surface area contributed by atoms with E-state index >= 15 is 0 Å². The van der Waals surface area contributed by atoms with Gasteiger partial charge in [0, 0.05) is 25.2 Å². The van der Waals surface area contributed by atoms with Crippen molar-refractivity contribution < 1.29 is 4.79 Å². The van der Waals surface area contributed by atoms with Crippen molar-refractivity contribution in [2.24, 2.45) is 11.3 Å². The van der Waals surface area contributed by atoms with Gasteiger partial charge >= 0.3 is 0 Å². The molecule has 2 bridgehead atoms. The zero-order valence-corrected chi connectivity index (χ0v) is 13.0. The minimum Gasteiger partial charge on any atom is -0.355 e. The number of hydrogen-bond acceptors (Lipinski definition) is 3. The van der Waals surface area contributed by atoms with E-state index < -0.39 is 0 Å². The van der Waals surface area contributed by atoms with Crippen molar-refractivity contribution in [3.05, 3.63) is 0 Å². The van der Waals surface area contributed by atoms with Gasteiger partial charge in [0.25, 0.3) is 0 Å². The SMILES string of the molecule is CN1C2CCC1CC(CNC(=O)C1(C)CCCNC1)C2. The number of hydrogen-bond donors (Lipinski definition) is 2. The number of rotatable bonds is 3. The second-order valence-electron chi connectivity index (χ2n) is 7.44. The molecule has 0 aromatic carbocycles. The van der Waals surface area contributed by atoms with Gasteiger partial charge in [0.1, 0.15) is 0 Å². The summed E-state index contributed by atoms with van der Waals surface area (Å²) in [6.07, 6.45) is 7.37. The Labute approximate surface area is 122 Å². The van der Waals surface area contributed by atoms with Crippen LogP contribution in [0.2, 0.25) is 0 Å². The Kier molecular flexibility index (Phi) is 4.04. The van der Waals surface area contributed by atoms with E-state index in [9.17, 15) is 4.79 Å². The molecule has 4 nitrogen and oxygen atoms in total. The van der Waals surface area contributed by atoms with Gasteiger partial charge in [-0.1, -0.05) is 0 Å². The maximum Gasteiger partial charge on any atom is 0.227 e. The fourth-order valence-electron chi connectivity index (χ4n) is 4.39. The van der Waals surface area contributed by atoms with Crippen LogP contribution in [0.1, 0.15) is 45.4 Å². The molecule has 3 rings (SSSR count). The van der Waals surface area contributed by atoms with E-state index in [-0.39, 0.29) is 11.3 Å². The molecule has 3 aliphatic rings. The first kappa shape index (κ1) is 14.3. The molecule has 0 radical (unpaired) electrons. The Morgan fingerprint density at radius 2 is 2.05 bits per heavy atom. The normalized spacial score (nSPS) is 41.6. The smallest absolute Gasteiger partial charge is 0.227 e. The summed E-state index contributed by atoms with van der Waals surface area (Å²) in [4.78, 5) is 15.0. The second kappa shape index (κ2) is 5.64. The van der Waals surface area contributed by atoms with Crippen molar-refractivity contribution in [1.82, 2.24) is 15.5 Å². The zero-order chi connectivity index (χ0) is 14.2. The van der Waals surface area contributed by atoms with Crippen LogP contribution in [0.25, 0.3) is 0 Å². The molecule has 0 spiro atoms. The van der Waals surface area contributed by atoms with Gasteiger partial charge in [-0.25, -0.2) is 0 Å². The van der Waals surface area contributed by atoms with Crippen LogP contribution in [0.15, 0.2) is 0 Å². The molecule has 0 saturated carbocycles. The first-order valence-electron chi connectivity index (χ1n) is 8.29. The van der Waals surface area contributed by atoms with Gasteiger partial charge in [-0.05, 0) is 65.0 Å². The lowest BCUT2D eigenvalue weighted by Gasteiger charge is -2.37. The molecule has 3 heterocycles. The van der Waals surface area contributed by atoms with Gasteiger partial charge in [0.05, 0.1) is 5.41 Å². The molecular weight excluding hydrogens is 250 g/mol. The summed E-state index contributed by atoms with van der Waals surface area (Å²) in [6.45, 7) is 4.88. The first-order chi connectivity index (χ1) is 9.58. The fraction of sp³-hybridized carbons (Fsp3) is 0.938. The summed E-state index contributed by atoms with van der Waals surface area (Å²) < 4.78 is 0. The maximum atomic E-state index is 12.4. The summed E-state index contributed by atoms with van der Waals surface area (Å²) in [6, 6.07) is 1.53. The highest BCUT2D eigenvalue weighted by Crippen LogP contribution is 2.37. The lowest BCUT2D eigenvalue weighted by molar-refractivity contribution is -0.131. The molecule has 2 N–H and O–H groups in total. The van der Waals surface area contributed by atoms with Crippen LogP contribution in [0.3, 0.4) is 0 Å². The van der Waals surface area contributed by atoms with Crippen LogP contribution in [0, 0.1) is 11.3 Å². The van der Waals surface area contributed by atoms with Gasteiger partial charge in [-0.2, -0.15) is 0 Å². The summed E-state index contributed by atoms with van der Waals surface area (Å²) >= 11 is 0. The lowest BCUT2D eigenvalue weighted by atomic mass is 9.81. The van der Waals surface area contributed by atoms with Crippen molar-refractivity contribution >= 4 is 5.91 Å². The number of nitrogens with one attached hydrogen (secondary N) is 2. The van der Waals surface area contributed by atoms with Crippen molar-refractivity contribution in [3.63, 3.8) is 0 Å². The van der Waals surface area contributed by atoms with Crippen LogP contribution in [-0.2, 0) is 4.79 Å². The summed E-state index contributed by atoms with van der Waals surface area (Å²) in [5.41, 5.74) is -0.192. The number of piperidine rings is 2. The van der Waals surface area contributed by atoms with E-state index in [1.165, 1.54) is 25.7 Å². The van der Waals surface area contributed by atoms with Crippen molar-refractivity contribution in [3.8, 4) is 0 Å². The van der Waals surface area contributed by atoms with Gasteiger partial charge in [-0.3, -0.25) is 4.79 Å². The summed E-state index contributed by atoms with van der Waals surface area (Å²) in [7, 11) is 2.27. The second-order valence-corrected chi connectivity index (χ2v) is 7.44. The van der Waals surface area contributed by atoms with Crippen LogP contribution >= 0.6 is 0 Å². The molecule has 1 amide bonds. The molecular formula is C16H29N3O. The van der Waals surface area contributed by atoms with E-state index in [0.717, 1.165) is 44.6 Å². The third-order valence-electron chi connectivity index (χ3n) is 5.89. The third kappa shape index (κ3) is 2.73. The van der Waals surface area contributed by atoms with E-state index in [4.69, 9.17) is 0 Å². The zero-order valence-electron chi connectivity index (χ0n) is 13.0. The summed E-state index contributed by atoms with van der Waals surface area (Å²) in [5, 5.41) is 6.61. The molecule has 20 heavy (non-hydrogen) atoms. The highest BCUT2D eigenvalue weighted by atomic mass is 16.2. The van der Waals surface area contributed by atoms with Gasteiger partial charge < -0.3 is 15.5 Å². The van der Waals surface area contributed by atoms with Crippen molar-refractivity contribution in [2.45, 2.75) is 57.5 Å². The van der Waals surface area contributed by atoms with E-state index in [2.05, 4.69) is 29.5 Å². The Morgan fingerprint density at radius 3 is 2.65 bits per heavy atom. The number of fused-ring (bicyclic) bond motifs is 2. The first-order valence-corrected chi connectivity index (χ1v) is 8.29. The van der Waals surface area contributed by atoms with E-state index in [1.54, 1.807) is 0 Å². The van der Waals surface area contributed by atoms with Crippen molar-refractivity contribution in [1.29, 1.82) is 0 Å². The number of nitrogens with zero attached hydrogens (tertiary/aromatic N) is 1. The Balaban J connectivity index is 1.49. The third-order valence-corrected chi connectivity index (χ3v) is 5.89. The highest BCUT2D eigenvalue weighted by Gasteiger charge is 2.39. The fourth-order valence-corrected chi connectivity index (χ4v) is 4.39. The molecule has 0 aromatic heterocycles. The quantitative estimate of drug-likeness (QED) is 0.820. The Hall–Kier alpha value is -0.610. The van der Waals surface area contributed by atoms with E-state index in [1.807, 2.05) is 0 Å². The molecule has 4 heteroatoms. The van der Waals surface area contributed by atoms with E-state index in [0.29, 0.717) is 5.92 Å². The molecule has 3 fully saturated rings. The van der Waals surface area contributed by atoms with Gasteiger partial charge in [-0.15, -0.1) is 0 Å². The average Bonchev–Trinajstić information content (AvgIpc) is 2.67. The number of carbonyl (C=O) groups excluding carboxylic acids is 1. The van der Waals surface area contributed by atoms with Crippen LogP contribution in [0.4, 0.5) is 0 Å². The molecule has 3 saturated heterocycles. The Bertz CT molecular complexity index is 351. The van der Waals surface area contributed by atoms with Crippen LogP contribution in [0.5, 0.6) is 0 Å². The largest absolute Gasteiger partial charge is 0.355 e. The van der Waals surface area contributed by atoms with Crippen molar-refractivity contribution in [2.75, 3.05) is 26.7 Å². The molecule has 3 unspecified atom stereocenters. The average molecular weight is 279 g/mol. The molecule has 0 aromatic rings. The minimum absolute atomic E-state index is 0.192. The van der Waals surface area contributed by atoms with Crippen LogP contribution < -0.4 is 10.6 Å². The molecule has 3 atom stereocenters. The molecule has 0 aliphatic carbocycles. The molecule has 114 valence electrons. The summed E-state index contributed by atoms with van der Waals surface area (Å²) in [5.74, 6) is 0.948. The van der Waals surface area contributed by atoms with Gasteiger partial charge in [0.15, 0.2) is 0 Å². The van der Waals surface area contributed by atoms with Crippen LogP contribution in [-0.4, -0.2) is 49.6 Å². The van der Waals surface area contributed by atoms with Gasteiger partial charge in [0.2, 0.25) is 5.91 Å². The lowest BCUT2D eigenvalue weighted by Crippen LogP contribution is -2.50. The predicted molar refractivity (Wildman–Crippen MR) is 80.5 cm³/mol. The molecule has 3 aliphatic heterocycles. The number of carbonyl (C=O) groups is 1. The standard InChI is InChI=1S/C16H29N3O/c1-16(6-3-7-17-11-16)15(20)18-10-12-8-13-4-5-14(9-12)19(13)2/h12-14,17H,3-11H2,1-2H3,(H,18,20). The maximum absolute atomic E-state index is 12.4.